The topological polar surface area (TPSA) is 66.9 Å². The lowest BCUT2D eigenvalue weighted by molar-refractivity contribution is 0.0951. The smallest absolute Gasteiger partial charge is 0.269 e. The predicted molar refractivity (Wildman–Crippen MR) is 85.9 cm³/mol. The zero-order valence-electron chi connectivity index (χ0n) is 12.7. The third-order valence-electron chi connectivity index (χ3n) is 3.05. The van der Waals surface area contributed by atoms with E-state index in [9.17, 15) is 4.79 Å². The maximum atomic E-state index is 11.8. The van der Waals surface area contributed by atoms with E-state index in [1.54, 1.807) is 23.6 Å². The third-order valence-corrected chi connectivity index (χ3v) is 4.30. The van der Waals surface area contributed by atoms with Gasteiger partial charge in [-0.3, -0.25) is 9.78 Å². The third kappa shape index (κ3) is 3.78. The first kappa shape index (κ1) is 15.4. The van der Waals surface area contributed by atoms with Gasteiger partial charge in [0.2, 0.25) is 0 Å². The summed E-state index contributed by atoms with van der Waals surface area (Å²) < 4.78 is 0. The van der Waals surface area contributed by atoms with Crippen molar-refractivity contribution in [1.29, 1.82) is 0 Å². The molecule has 0 aliphatic rings. The summed E-state index contributed by atoms with van der Waals surface area (Å²) in [5.74, 6) is -0.154. The summed E-state index contributed by atoms with van der Waals surface area (Å²) in [7, 11) is 0. The van der Waals surface area contributed by atoms with Gasteiger partial charge in [-0.25, -0.2) is 4.98 Å². The number of aryl methyl sites for hydroxylation is 2. The van der Waals surface area contributed by atoms with Crippen LogP contribution in [0, 0.1) is 13.8 Å². The van der Waals surface area contributed by atoms with Gasteiger partial charge < -0.3 is 10.6 Å². The van der Waals surface area contributed by atoms with Crippen molar-refractivity contribution in [3.63, 3.8) is 0 Å². The second-order valence-corrected chi connectivity index (χ2v) is 6.07. The first-order chi connectivity index (χ1) is 10.0. The van der Waals surface area contributed by atoms with Crippen LogP contribution in [0.15, 0.2) is 18.3 Å². The molecule has 1 atom stereocenters. The van der Waals surface area contributed by atoms with Gasteiger partial charge in [-0.15, -0.1) is 11.3 Å². The highest BCUT2D eigenvalue weighted by molar-refractivity contribution is 7.11. The molecule has 1 amide bonds. The summed E-state index contributed by atoms with van der Waals surface area (Å²) in [6, 6.07) is 3.77. The Morgan fingerprint density at radius 2 is 2.19 bits per heavy atom. The highest BCUT2D eigenvalue weighted by Crippen LogP contribution is 2.27. The summed E-state index contributed by atoms with van der Waals surface area (Å²) in [4.78, 5) is 21.6. The van der Waals surface area contributed by atoms with Crippen LogP contribution in [0.2, 0.25) is 0 Å². The highest BCUT2D eigenvalue weighted by atomic mass is 32.1. The van der Waals surface area contributed by atoms with E-state index in [1.165, 1.54) is 4.88 Å². The van der Waals surface area contributed by atoms with Crippen LogP contribution in [0.25, 0.3) is 0 Å². The Morgan fingerprint density at radius 1 is 1.43 bits per heavy atom. The molecule has 5 nitrogen and oxygen atoms in total. The zero-order chi connectivity index (χ0) is 15.4. The fourth-order valence-electron chi connectivity index (χ4n) is 2.16. The van der Waals surface area contributed by atoms with Gasteiger partial charge >= 0.3 is 0 Å². The van der Waals surface area contributed by atoms with E-state index < -0.39 is 0 Å². The number of nitrogens with one attached hydrogen (secondary N) is 2. The number of thiazole rings is 1. The van der Waals surface area contributed by atoms with Crippen LogP contribution >= 0.6 is 11.3 Å². The van der Waals surface area contributed by atoms with Crippen LogP contribution in [0.1, 0.15) is 46.0 Å². The quantitative estimate of drug-likeness (QED) is 0.891. The average molecular weight is 304 g/mol. The van der Waals surface area contributed by atoms with Crippen molar-refractivity contribution >= 4 is 22.9 Å². The van der Waals surface area contributed by atoms with E-state index in [1.807, 2.05) is 26.8 Å². The van der Waals surface area contributed by atoms with E-state index in [0.29, 0.717) is 12.2 Å². The predicted octanol–water partition coefficient (Wildman–Crippen LogP) is 3.08. The van der Waals surface area contributed by atoms with Crippen molar-refractivity contribution in [3.8, 4) is 0 Å². The van der Waals surface area contributed by atoms with Gasteiger partial charge in [0.05, 0.1) is 16.7 Å². The average Bonchev–Trinajstić information content (AvgIpc) is 2.78. The number of anilines is 1. The second-order valence-electron chi connectivity index (χ2n) is 4.84. The van der Waals surface area contributed by atoms with Crippen LogP contribution in [0.3, 0.4) is 0 Å². The summed E-state index contributed by atoms with van der Waals surface area (Å²) in [6.07, 6.45) is 1.64. The van der Waals surface area contributed by atoms with Crippen LogP contribution in [0.5, 0.6) is 0 Å². The van der Waals surface area contributed by atoms with Crippen molar-refractivity contribution in [2.24, 2.45) is 0 Å². The molecule has 112 valence electrons. The van der Waals surface area contributed by atoms with Crippen LogP contribution < -0.4 is 10.6 Å². The molecule has 21 heavy (non-hydrogen) atoms. The number of hydrogen-bond acceptors (Lipinski definition) is 5. The minimum absolute atomic E-state index is 0.140. The number of nitrogens with zero attached hydrogens (tertiary/aromatic N) is 2. The van der Waals surface area contributed by atoms with E-state index in [2.05, 4.69) is 27.5 Å². The minimum Gasteiger partial charge on any atom is -0.378 e. The number of aromatic nitrogens is 2. The Balaban J connectivity index is 2.14. The fourth-order valence-corrected chi connectivity index (χ4v) is 3.09. The van der Waals surface area contributed by atoms with Gasteiger partial charge in [0, 0.05) is 23.3 Å². The fraction of sp³-hybridized carbons (Fsp3) is 0.400. The summed E-state index contributed by atoms with van der Waals surface area (Å²) in [5, 5.41) is 7.21. The van der Waals surface area contributed by atoms with Crippen molar-refractivity contribution in [3.05, 3.63) is 39.6 Å². The Morgan fingerprint density at radius 3 is 2.81 bits per heavy atom. The molecule has 0 saturated carbocycles. The monoisotopic (exact) mass is 304 g/mol. The van der Waals surface area contributed by atoms with Crippen LogP contribution in [0.4, 0.5) is 5.69 Å². The van der Waals surface area contributed by atoms with E-state index >= 15 is 0 Å². The SMILES string of the molecule is CCNC(=O)c1cc(NC(C)c2sc(C)nc2C)ccn1. The number of pyridine rings is 1. The Bertz CT molecular complexity index is 638. The largest absolute Gasteiger partial charge is 0.378 e. The van der Waals surface area contributed by atoms with Gasteiger partial charge in [0.1, 0.15) is 5.69 Å². The molecule has 2 N–H and O–H groups in total. The summed E-state index contributed by atoms with van der Waals surface area (Å²) in [6.45, 7) is 8.59. The Kier molecular flexibility index (Phi) is 4.90. The summed E-state index contributed by atoms with van der Waals surface area (Å²) >= 11 is 1.69. The van der Waals surface area contributed by atoms with Gasteiger partial charge in [-0.05, 0) is 39.8 Å². The first-order valence-electron chi connectivity index (χ1n) is 6.96. The van der Waals surface area contributed by atoms with Crippen molar-refractivity contribution in [2.75, 3.05) is 11.9 Å². The molecule has 2 aromatic heterocycles. The molecule has 1 unspecified atom stereocenters. The number of rotatable bonds is 5. The lowest BCUT2D eigenvalue weighted by Gasteiger charge is -2.14. The standard InChI is InChI=1S/C15H20N4OS/c1-5-16-15(20)13-8-12(6-7-17-13)19-10(3)14-9(2)18-11(4)21-14/h6-8,10H,5H2,1-4H3,(H,16,20)(H,17,19). The van der Waals surface area contributed by atoms with E-state index in [-0.39, 0.29) is 11.9 Å². The summed E-state index contributed by atoms with van der Waals surface area (Å²) in [5.41, 5.74) is 2.35. The Labute approximate surface area is 128 Å². The van der Waals surface area contributed by atoms with Crippen molar-refractivity contribution in [1.82, 2.24) is 15.3 Å². The van der Waals surface area contributed by atoms with Gasteiger partial charge in [-0.2, -0.15) is 0 Å². The van der Waals surface area contributed by atoms with Crippen LogP contribution in [-0.4, -0.2) is 22.4 Å². The first-order valence-corrected chi connectivity index (χ1v) is 7.77. The molecule has 0 aliphatic carbocycles. The van der Waals surface area contributed by atoms with E-state index in [0.717, 1.165) is 16.4 Å². The molecule has 2 aromatic rings. The molecule has 0 radical (unpaired) electrons. The maximum Gasteiger partial charge on any atom is 0.269 e. The molecule has 0 aliphatic heterocycles. The molecule has 6 heteroatoms. The molecule has 0 fully saturated rings. The maximum absolute atomic E-state index is 11.8. The molecule has 0 saturated heterocycles. The Hall–Kier alpha value is -1.95. The van der Waals surface area contributed by atoms with E-state index in [4.69, 9.17) is 0 Å². The van der Waals surface area contributed by atoms with Crippen molar-refractivity contribution < 1.29 is 4.79 Å². The minimum atomic E-state index is -0.154. The molecule has 2 rings (SSSR count). The second kappa shape index (κ2) is 6.67. The number of hydrogen-bond donors (Lipinski definition) is 2. The lowest BCUT2D eigenvalue weighted by atomic mass is 10.2. The number of carbonyl (C=O) groups is 1. The molecule has 0 bridgehead atoms. The number of amides is 1. The molecule has 2 heterocycles. The molecule has 0 spiro atoms. The number of carbonyl (C=O) groups excluding carboxylic acids is 1. The highest BCUT2D eigenvalue weighted by Gasteiger charge is 2.14. The van der Waals surface area contributed by atoms with Gasteiger partial charge in [0.25, 0.3) is 5.91 Å². The molecular weight excluding hydrogens is 284 g/mol. The normalized spacial score (nSPS) is 12.0. The molecule has 0 aromatic carbocycles. The lowest BCUT2D eigenvalue weighted by Crippen LogP contribution is -2.23. The van der Waals surface area contributed by atoms with Crippen LogP contribution in [-0.2, 0) is 0 Å². The van der Waals surface area contributed by atoms with Crippen molar-refractivity contribution in [2.45, 2.75) is 33.7 Å². The van der Waals surface area contributed by atoms with Gasteiger partial charge in [-0.1, -0.05) is 0 Å². The van der Waals surface area contributed by atoms with Gasteiger partial charge in [0.15, 0.2) is 0 Å². The molecular formula is C15H20N4OS. The zero-order valence-corrected chi connectivity index (χ0v) is 13.5.